The third-order valence-electron chi connectivity index (χ3n) is 3.07. The van der Waals surface area contributed by atoms with E-state index in [1.54, 1.807) is 0 Å². The molecule has 0 bridgehead atoms. The summed E-state index contributed by atoms with van der Waals surface area (Å²) >= 11 is 0. The first-order chi connectivity index (χ1) is 10.7. The van der Waals surface area contributed by atoms with Crippen LogP contribution in [0.5, 0.6) is 0 Å². The van der Waals surface area contributed by atoms with Crippen LogP contribution in [0.15, 0.2) is 18.2 Å². The molecular formula is C14H13F6NO3. The summed E-state index contributed by atoms with van der Waals surface area (Å²) < 4.78 is 76.4. The zero-order valence-electron chi connectivity index (χ0n) is 12.4. The van der Waals surface area contributed by atoms with Crippen molar-refractivity contribution in [3.8, 4) is 0 Å². The Morgan fingerprint density at radius 2 is 1.38 bits per heavy atom. The van der Waals surface area contributed by atoms with Gasteiger partial charge in [0.15, 0.2) is 0 Å². The van der Waals surface area contributed by atoms with Crippen molar-refractivity contribution < 1.29 is 41.0 Å². The fourth-order valence-corrected chi connectivity index (χ4v) is 1.82. The zero-order valence-corrected chi connectivity index (χ0v) is 12.4. The molecule has 0 aliphatic carbocycles. The van der Waals surface area contributed by atoms with Crippen LogP contribution in [0.25, 0.3) is 0 Å². The Morgan fingerprint density at radius 3 is 1.67 bits per heavy atom. The van der Waals surface area contributed by atoms with Crippen LogP contribution in [0.2, 0.25) is 0 Å². The summed E-state index contributed by atoms with van der Waals surface area (Å²) in [6, 6.07) is -1.09. The van der Waals surface area contributed by atoms with Crippen LogP contribution in [0.1, 0.15) is 35.3 Å². The van der Waals surface area contributed by atoms with Crippen molar-refractivity contribution in [2.75, 3.05) is 0 Å². The van der Waals surface area contributed by atoms with Gasteiger partial charge in [-0.15, -0.1) is 0 Å². The van der Waals surface area contributed by atoms with E-state index in [-0.39, 0.29) is 18.2 Å². The summed E-state index contributed by atoms with van der Waals surface area (Å²) in [7, 11) is 0. The molecule has 24 heavy (non-hydrogen) atoms. The van der Waals surface area contributed by atoms with Crippen LogP contribution in [0.3, 0.4) is 0 Å². The van der Waals surface area contributed by atoms with Crippen LogP contribution < -0.4 is 5.32 Å². The smallest absolute Gasteiger partial charge is 0.416 e. The van der Waals surface area contributed by atoms with Crippen LogP contribution in [0.4, 0.5) is 26.3 Å². The van der Waals surface area contributed by atoms with Gasteiger partial charge in [0, 0.05) is 5.56 Å². The topological polar surface area (TPSA) is 66.4 Å². The minimum absolute atomic E-state index is 0.117. The Bertz CT molecular complexity index is 604. The van der Waals surface area contributed by atoms with Gasteiger partial charge in [-0.1, -0.05) is 13.8 Å². The molecule has 1 amide bonds. The summed E-state index contributed by atoms with van der Waals surface area (Å²) in [6.45, 7) is 2.85. The molecule has 10 heteroatoms. The van der Waals surface area contributed by atoms with Gasteiger partial charge in [0.25, 0.3) is 5.91 Å². The van der Waals surface area contributed by atoms with Crippen molar-refractivity contribution >= 4 is 11.9 Å². The average molecular weight is 357 g/mol. The molecule has 0 heterocycles. The number of alkyl halides is 6. The van der Waals surface area contributed by atoms with E-state index in [0.717, 1.165) is 0 Å². The van der Waals surface area contributed by atoms with Gasteiger partial charge < -0.3 is 10.4 Å². The first kappa shape index (κ1) is 19.8. The Hall–Kier alpha value is -2.26. The summed E-state index contributed by atoms with van der Waals surface area (Å²) in [5, 5.41) is 10.8. The van der Waals surface area contributed by atoms with Gasteiger partial charge in [0.2, 0.25) is 0 Å². The number of rotatable bonds is 4. The second-order valence-electron chi connectivity index (χ2n) is 5.33. The van der Waals surface area contributed by atoms with E-state index in [1.165, 1.54) is 13.8 Å². The molecule has 0 aliphatic rings. The van der Waals surface area contributed by atoms with E-state index in [4.69, 9.17) is 5.11 Å². The minimum atomic E-state index is -5.10. The van der Waals surface area contributed by atoms with Crippen molar-refractivity contribution in [1.82, 2.24) is 5.32 Å². The van der Waals surface area contributed by atoms with Crippen molar-refractivity contribution in [2.24, 2.45) is 5.92 Å². The summed E-state index contributed by atoms with van der Waals surface area (Å²) in [5.74, 6) is -3.42. The van der Waals surface area contributed by atoms with E-state index in [9.17, 15) is 35.9 Å². The van der Waals surface area contributed by atoms with Gasteiger partial charge in [-0.05, 0) is 24.1 Å². The first-order valence-electron chi connectivity index (χ1n) is 6.56. The zero-order chi connectivity index (χ0) is 18.9. The molecule has 0 radical (unpaired) electrons. The number of halogens is 6. The fraction of sp³-hybridized carbons (Fsp3) is 0.429. The SMILES string of the molecule is CC(C)C(NC(=O)c1cc(C(F)(F)F)cc(C(F)(F)F)c1)C(=O)O. The molecule has 0 saturated heterocycles. The lowest BCUT2D eigenvalue weighted by Gasteiger charge is -2.19. The quantitative estimate of drug-likeness (QED) is 0.810. The highest BCUT2D eigenvalue weighted by atomic mass is 19.4. The first-order valence-corrected chi connectivity index (χ1v) is 6.56. The van der Waals surface area contributed by atoms with Crippen LogP contribution in [0, 0.1) is 5.92 Å². The largest absolute Gasteiger partial charge is 0.480 e. The van der Waals surface area contributed by atoms with E-state index in [1.807, 2.05) is 5.32 Å². The molecule has 0 aromatic heterocycles. The molecule has 4 nitrogen and oxygen atoms in total. The van der Waals surface area contributed by atoms with Gasteiger partial charge in [0.1, 0.15) is 6.04 Å². The third-order valence-corrected chi connectivity index (χ3v) is 3.07. The third kappa shape index (κ3) is 4.87. The number of carbonyl (C=O) groups is 2. The lowest BCUT2D eigenvalue weighted by Crippen LogP contribution is -2.44. The lowest BCUT2D eigenvalue weighted by molar-refractivity contribution is -0.143. The number of hydrogen-bond donors (Lipinski definition) is 2. The number of aliphatic carboxylic acids is 1. The van der Waals surface area contributed by atoms with E-state index < -0.39 is 52.9 Å². The predicted octanol–water partition coefficient (Wildman–Crippen LogP) is 3.56. The molecular weight excluding hydrogens is 344 g/mol. The molecule has 134 valence electrons. The second kappa shape index (κ2) is 6.70. The summed E-state index contributed by atoms with van der Waals surface area (Å²) in [4.78, 5) is 22.9. The normalized spacial score (nSPS) is 13.7. The second-order valence-corrected chi connectivity index (χ2v) is 5.33. The van der Waals surface area contributed by atoms with Gasteiger partial charge in [-0.25, -0.2) is 4.79 Å². The van der Waals surface area contributed by atoms with Crippen molar-refractivity contribution in [1.29, 1.82) is 0 Å². The molecule has 2 N–H and O–H groups in total. The number of carbonyl (C=O) groups excluding carboxylic acids is 1. The maximum Gasteiger partial charge on any atom is 0.416 e. The molecule has 1 rings (SSSR count). The van der Waals surface area contributed by atoms with Crippen molar-refractivity contribution in [2.45, 2.75) is 32.2 Å². The van der Waals surface area contributed by atoms with Crippen LogP contribution in [-0.4, -0.2) is 23.0 Å². The van der Waals surface area contributed by atoms with E-state index in [0.29, 0.717) is 0 Å². The number of carboxylic acid groups (broad SMARTS) is 1. The fourth-order valence-electron chi connectivity index (χ4n) is 1.82. The number of carboxylic acids is 1. The Kier molecular flexibility index (Phi) is 5.52. The Balaban J connectivity index is 3.32. The molecule has 0 aliphatic heterocycles. The predicted molar refractivity (Wildman–Crippen MR) is 70.2 cm³/mol. The maximum atomic E-state index is 12.7. The summed E-state index contributed by atoms with van der Waals surface area (Å²) in [5.41, 5.74) is -4.23. The molecule has 0 fully saturated rings. The summed E-state index contributed by atoms with van der Waals surface area (Å²) in [6.07, 6.45) is -10.2. The monoisotopic (exact) mass is 357 g/mol. The highest BCUT2D eigenvalue weighted by Gasteiger charge is 2.37. The highest BCUT2D eigenvalue weighted by molar-refractivity contribution is 5.97. The lowest BCUT2D eigenvalue weighted by atomic mass is 10.0. The molecule has 1 atom stereocenters. The molecule has 1 aromatic carbocycles. The van der Waals surface area contributed by atoms with E-state index >= 15 is 0 Å². The Labute approximate surface area is 132 Å². The minimum Gasteiger partial charge on any atom is -0.480 e. The average Bonchev–Trinajstić information content (AvgIpc) is 2.41. The van der Waals surface area contributed by atoms with Crippen molar-refractivity contribution in [3.63, 3.8) is 0 Å². The molecule has 1 unspecified atom stereocenters. The van der Waals surface area contributed by atoms with Gasteiger partial charge in [-0.3, -0.25) is 4.79 Å². The number of amides is 1. The number of nitrogens with one attached hydrogen (secondary N) is 1. The number of hydrogen-bond acceptors (Lipinski definition) is 2. The highest BCUT2D eigenvalue weighted by Crippen LogP contribution is 2.36. The van der Waals surface area contributed by atoms with Crippen LogP contribution >= 0.6 is 0 Å². The standard InChI is InChI=1S/C14H13F6NO3/c1-6(2)10(12(23)24)21-11(22)7-3-8(13(15,16)17)5-9(4-7)14(18,19)20/h3-6,10H,1-2H3,(H,21,22)(H,23,24). The van der Waals surface area contributed by atoms with Gasteiger partial charge >= 0.3 is 18.3 Å². The van der Waals surface area contributed by atoms with Gasteiger partial charge in [-0.2, -0.15) is 26.3 Å². The molecule has 0 saturated carbocycles. The van der Waals surface area contributed by atoms with Gasteiger partial charge in [0.05, 0.1) is 11.1 Å². The molecule has 0 spiro atoms. The molecule has 1 aromatic rings. The number of benzene rings is 1. The Morgan fingerprint density at radius 1 is 0.958 bits per heavy atom. The van der Waals surface area contributed by atoms with E-state index in [2.05, 4.69) is 0 Å². The van der Waals surface area contributed by atoms with Crippen LogP contribution in [-0.2, 0) is 17.1 Å². The van der Waals surface area contributed by atoms with Crippen molar-refractivity contribution in [3.05, 3.63) is 34.9 Å². The maximum absolute atomic E-state index is 12.7.